The Morgan fingerprint density at radius 3 is 2.48 bits per heavy atom. The van der Waals surface area contributed by atoms with Crippen LogP contribution in [0.2, 0.25) is 0 Å². The maximum absolute atomic E-state index is 12.6. The van der Waals surface area contributed by atoms with E-state index in [9.17, 15) is 4.79 Å². The fourth-order valence-corrected chi connectivity index (χ4v) is 4.95. The number of piperidine rings is 1. The summed E-state index contributed by atoms with van der Waals surface area (Å²) < 4.78 is 0. The molecule has 6 nitrogen and oxygen atoms in total. The zero-order valence-electron chi connectivity index (χ0n) is 17.1. The van der Waals surface area contributed by atoms with Crippen LogP contribution >= 0.6 is 11.3 Å². The normalized spacial score (nSPS) is 19.1. The number of hydrogen-bond acceptors (Lipinski definition) is 6. The van der Waals surface area contributed by atoms with E-state index in [1.54, 1.807) is 11.3 Å². The number of carbonyl (C=O) groups is 1. The smallest absolute Gasteiger partial charge is 0.223 e. The van der Waals surface area contributed by atoms with Gasteiger partial charge >= 0.3 is 0 Å². The van der Waals surface area contributed by atoms with Crippen LogP contribution in [0.25, 0.3) is 10.6 Å². The minimum atomic E-state index is 0.119. The zero-order valence-corrected chi connectivity index (χ0v) is 17.9. The highest BCUT2D eigenvalue weighted by molar-refractivity contribution is 7.13. The van der Waals surface area contributed by atoms with Crippen molar-refractivity contribution in [1.29, 1.82) is 0 Å². The fraction of sp³-hybridized carbons (Fsp3) is 0.591. The summed E-state index contributed by atoms with van der Waals surface area (Å²) in [6, 6.07) is 8.17. The third kappa shape index (κ3) is 5.54. The van der Waals surface area contributed by atoms with Crippen LogP contribution in [0, 0.1) is 5.92 Å². The van der Waals surface area contributed by atoms with E-state index in [2.05, 4.69) is 36.8 Å². The van der Waals surface area contributed by atoms with Gasteiger partial charge in [0.1, 0.15) is 5.69 Å². The van der Waals surface area contributed by atoms with E-state index in [0.29, 0.717) is 0 Å². The summed E-state index contributed by atoms with van der Waals surface area (Å²) in [6.07, 6.45) is 7.05. The third-order valence-corrected chi connectivity index (χ3v) is 6.93. The SMILES string of the molecule is O=C(NCCN1CCCCCC1)C1CCN(c2ccc(-c3cccs3)nn2)CC1. The monoisotopic (exact) mass is 413 g/mol. The van der Waals surface area contributed by atoms with Gasteiger partial charge in [-0.25, -0.2) is 0 Å². The van der Waals surface area contributed by atoms with Gasteiger partial charge in [0.05, 0.1) is 4.88 Å². The second-order valence-corrected chi connectivity index (χ2v) is 9.01. The fourth-order valence-electron chi connectivity index (χ4n) is 4.26. The molecule has 7 heteroatoms. The second-order valence-electron chi connectivity index (χ2n) is 8.06. The van der Waals surface area contributed by atoms with E-state index < -0.39 is 0 Å². The van der Waals surface area contributed by atoms with Crippen molar-refractivity contribution < 1.29 is 4.79 Å². The number of nitrogens with one attached hydrogen (secondary N) is 1. The van der Waals surface area contributed by atoms with E-state index in [-0.39, 0.29) is 11.8 Å². The molecule has 0 bridgehead atoms. The first-order valence-corrected chi connectivity index (χ1v) is 11.8. The molecule has 2 aromatic heterocycles. The van der Waals surface area contributed by atoms with Crippen LogP contribution in [0.3, 0.4) is 0 Å². The third-order valence-electron chi connectivity index (χ3n) is 6.04. The first kappa shape index (κ1) is 20.3. The number of nitrogens with zero attached hydrogens (tertiary/aromatic N) is 4. The standard InChI is InChI=1S/C22H31N5OS/c28-22(23-11-16-26-12-3-1-2-4-13-26)18-9-14-27(15-10-18)21-8-7-19(24-25-21)20-6-5-17-29-20/h5-8,17-18H,1-4,9-16H2,(H,23,28). The highest BCUT2D eigenvalue weighted by Crippen LogP contribution is 2.25. The van der Waals surface area contributed by atoms with Crippen LogP contribution in [0.5, 0.6) is 0 Å². The Balaban J connectivity index is 1.20. The van der Waals surface area contributed by atoms with Crippen molar-refractivity contribution in [2.75, 3.05) is 44.2 Å². The van der Waals surface area contributed by atoms with Crippen LogP contribution in [0.4, 0.5) is 5.82 Å². The lowest BCUT2D eigenvalue weighted by Gasteiger charge is -2.32. The number of rotatable bonds is 6. The van der Waals surface area contributed by atoms with Gasteiger partial charge < -0.3 is 15.1 Å². The van der Waals surface area contributed by atoms with Gasteiger partial charge in [-0.1, -0.05) is 18.9 Å². The Bertz CT molecular complexity index is 748. The molecule has 1 amide bonds. The highest BCUT2D eigenvalue weighted by Gasteiger charge is 2.25. The average Bonchev–Trinajstić information content (AvgIpc) is 3.19. The molecular weight excluding hydrogens is 382 g/mol. The molecule has 2 aromatic rings. The predicted molar refractivity (Wildman–Crippen MR) is 118 cm³/mol. The average molecular weight is 414 g/mol. The molecule has 0 unspecified atom stereocenters. The molecule has 156 valence electrons. The van der Waals surface area contributed by atoms with Crippen molar-refractivity contribution >= 4 is 23.1 Å². The number of aromatic nitrogens is 2. The molecule has 0 atom stereocenters. The Morgan fingerprint density at radius 1 is 1.03 bits per heavy atom. The Labute approximate surface area is 177 Å². The summed E-state index contributed by atoms with van der Waals surface area (Å²) >= 11 is 1.67. The maximum atomic E-state index is 12.6. The highest BCUT2D eigenvalue weighted by atomic mass is 32.1. The molecule has 0 radical (unpaired) electrons. The van der Waals surface area contributed by atoms with E-state index >= 15 is 0 Å². The lowest BCUT2D eigenvalue weighted by atomic mass is 9.96. The number of amides is 1. The lowest BCUT2D eigenvalue weighted by Crippen LogP contribution is -2.43. The van der Waals surface area contributed by atoms with Crippen molar-refractivity contribution in [2.45, 2.75) is 38.5 Å². The molecule has 2 saturated heterocycles. The lowest BCUT2D eigenvalue weighted by molar-refractivity contribution is -0.125. The molecule has 29 heavy (non-hydrogen) atoms. The van der Waals surface area contributed by atoms with Crippen molar-refractivity contribution in [3.05, 3.63) is 29.6 Å². The molecule has 2 aliphatic rings. The van der Waals surface area contributed by atoms with Gasteiger partial charge in [-0.3, -0.25) is 4.79 Å². The molecule has 1 N–H and O–H groups in total. The number of carbonyl (C=O) groups excluding carboxylic acids is 1. The van der Waals surface area contributed by atoms with Crippen molar-refractivity contribution in [3.8, 4) is 10.6 Å². The van der Waals surface area contributed by atoms with Gasteiger partial charge in [0.15, 0.2) is 5.82 Å². The van der Waals surface area contributed by atoms with Gasteiger partial charge in [0.2, 0.25) is 5.91 Å². The zero-order chi connectivity index (χ0) is 19.9. The summed E-state index contributed by atoms with van der Waals surface area (Å²) in [5.74, 6) is 1.25. The molecule has 4 rings (SSSR count). The summed E-state index contributed by atoms with van der Waals surface area (Å²) in [5.41, 5.74) is 0.919. The summed E-state index contributed by atoms with van der Waals surface area (Å²) in [5, 5.41) is 14.0. The molecule has 2 aliphatic heterocycles. The topological polar surface area (TPSA) is 61.4 Å². The van der Waals surface area contributed by atoms with Crippen LogP contribution < -0.4 is 10.2 Å². The van der Waals surface area contributed by atoms with E-state index in [1.165, 1.54) is 38.8 Å². The van der Waals surface area contributed by atoms with Gasteiger partial charge in [-0.2, -0.15) is 0 Å². The molecule has 0 saturated carbocycles. The van der Waals surface area contributed by atoms with Crippen LogP contribution in [0.15, 0.2) is 29.6 Å². The number of likely N-dealkylation sites (tertiary alicyclic amines) is 1. The number of thiophene rings is 1. The summed E-state index contributed by atoms with van der Waals surface area (Å²) in [6.45, 7) is 5.83. The van der Waals surface area contributed by atoms with E-state index in [4.69, 9.17) is 0 Å². The number of anilines is 1. The maximum Gasteiger partial charge on any atom is 0.223 e. The van der Waals surface area contributed by atoms with Gasteiger partial charge in [0, 0.05) is 32.1 Å². The van der Waals surface area contributed by atoms with Gasteiger partial charge in [-0.15, -0.1) is 21.5 Å². The van der Waals surface area contributed by atoms with Crippen LogP contribution in [-0.4, -0.2) is 60.3 Å². The molecule has 0 aliphatic carbocycles. The van der Waals surface area contributed by atoms with E-state index in [0.717, 1.165) is 55.4 Å². The molecule has 0 spiro atoms. The van der Waals surface area contributed by atoms with Crippen molar-refractivity contribution in [1.82, 2.24) is 20.4 Å². The van der Waals surface area contributed by atoms with Crippen LogP contribution in [0.1, 0.15) is 38.5 Å². The molecular formula is C22H31N5OS. The first-order valence-electron chi connectivity index (χ1n) is 10.9. The van der Waals surface area contributed by atoms with Crippen molar-refractivity contribution in [3.63, 3.8) is 0 Å². The van der Waals surface area contributed by atoms with Gasteiger partial charge in [0.25, 0.3) is 0 Å². The predicted octanol–water partition coefficient (Wildman–Crippen LogP) is 3.41. The van der Waals surface area contributed by atoms with E-state index in [1.807, 2.05) is 18.2 Å². The van der Waals surface area contributed by atoms with Crippen LogP contribution in [-0.2, 0) is 4.79 Å². The first-order chi connectivity index (χ1) is 14.3. The summed E-state index contributed by atoms with van der Waals surface area (Å²) in [4.78, 5) is 18.4. The van der Waals surface area contributed by atoms with Crippen molar-refractivity contribution in [2.24, 2.45) is 5.92 Å². The molecule has 0 aromatic carbocycles. The quantitative estimate of drug-likeness (QED) is 0.786. The van der Waals surface area contributed by atoms with Gasteiger partial charge in [-0.05, 0) is 62.4 Å². The minimum absolute atomic E-state index is 0.119. The summed E-state index contributed by atoms with van der Waals surface area (Å²) in [7, 11) is 0. The molecule has 2 fully saturated rings. The number of hydrogen-bond donors (Lipinski definition) is 1. The Kier molecular flexibility index (Phi) is 7.11. The second kappa shape index (κ2) is 10.2. The largest absolute Gasteiger partial charge is 0.355 e. The molecule has 4 heterocycles. The minimum Gasteiger partial charge on any atom is -0.355 e. The Hall–Kier alpha value is -1.99. The Morgan fingerprint density at radius 2 is 1.83 bits per heavy atom.